The maximum atomic E-state index is 15.4. The summed E-state index contributed by atoms with van der Waals surface area (Å²) >= 11 is 0. The predicted octanol–water partition coefficient (Wildman–Crippen LogP) is 5.59. The number of ether oxygens (including phenoxy) is 1. The maximum absolute atomic E-state index is 15.4. The van der Waals surface area contributed by atoms with Gasteiger partial charge in [0.05, 0.1) is 31.5 Å². The van der Waals surface area contributed by atoms with Crippen LogP contribution in [0.5, 0.6) is 0 Å². The molecule has 5 heterocycles. The van der Waals surface area contributed by atoms with E-state index in [0.717, 1.165) is 57.7 Å². The standard InChI is InChI=1S/C39H44FN5O4/c1-39(2)18-26-15-35-38(48)45(13-12-44(35)36(26)19-39)34-17-28(40)16-31(32(34)21-46)27-14-33(37(47)42(3)20-27)41-29-6-4-24(5-7-29)25-8-10-43(11-9-25)30-22-49-23-30/h4-7,14-17,20,25,30,41,46H,8-13,18-19,21-23H2,1-3H3. The molecule has 256 valence electrons. The molecule has 4 aliphatic rings. The number of likely N-dealkylation sites (tertiary alicyclic amines) is 1. The molecule has 1 aliphatic carbocycles. The van der Waals surface area contributed by atoms with E-state index >= 15 is 4.39 Å². The Morgan fingerprint density at radius 1 is 0.980 bits per heavy atom. The molecule has 8 rings (SSSR count). The normalized spacial score (nSPS) is 19.5. The number of amides is 1. The molecular weight excluding hydrogens is 621 g/mol. The summed E-state index contributed by atoms with van der Waals surface area (Å²) in [5.41, 5.74) is 7.16. The van der Waals surface area contributed by atoms with E-state index in [2.05, 4.69) is 40.8 Å². The van der Waals surface area contributed by atoms with Crippen molar-refractivity contribution in [1.82, 2.24) is 14.0 Å². The van der Waals surface area contributed by atoms with Crippen LogP contribution in [0, 0.1) is 11.2 Å². The second-order valence-electron chi connectivity index (χ2n) is 15.0. The van der Waals surface area contributed by atoms with Crippen LogP contribution in [0.2, 0.25) is 0 Å². The Bertz CT molecular complexity index is 1990. The van der Waals surface area contributed by atoms with Gasteiger partial charge in [0.25, 0.3) is 11.5 Å². The minimum Gasteiger partial charge on any atom is -0.392 e. The van der Waals surface area contributed by atoms with Crippen LogP contribution in [-0.2, 0) is 37.8 Å². The van der Waals surface area contributed by atoms with Crippen LogP contribution < -0.4 is 15.8 Å². The number of aliphatic hydroxyl groups excluding tert-OH is 1. The fraction of sp³-hybridized carbons (Fsp3) is 0.436. The number of hydrogen-bond acceptors (Lipinski definition) is 6. The number of aryl methyl sites for hydroxylation is 1. The Morgan fingerprint density at radius 3 is 2.43 bits per heavy atom. The van der Waals surface area contributed by atoms with Crippen LogP contribution in [0.3, 0.4) is 0 Å². The number of fused-ring (bicyclic) bond motifs is 3. The number of aliphatic hydroxyl groups is 1. The van der Waals surface area contributed by atoms with Crippen LogP contribution >= 0.6 is 0 Å². The first-order valence-electron chi connectivity index (χ1n) is 17.4. The van der Waals surface area contributed by atoms with Gasteiger partial charge in [-0.05, 0) is 103 Å². The summed E-state index contributed by atoms with van der Waals surface area (Å²) in [6, 6.07) is 15.2. The second-order valence-corrected chi connectivity index (χ2v) is 15.0. The van der Waals surface area contributed by atoms with Crippen molar-refractivity contribution in [2.45, 2.75) is 64.6 Å². The lowest BCUT2D eigenvalue weighted by molar-refractivity contribution is -0.0712. The molecule has 0 bridgehead atoms. The van der Waals surface area contributed by atoms with E-state index in [0.29, 0.717) is 58.8 Å². The summed E-state index contributed by atoms with van der Waals surface area (Å²) in [5.74, 6) is -0.217. The topological polar surface area (TPSA) is 92.0 Å². The molecule has 2 N–H and O–H groups in total. The SMILES string of the molecule is Cn1cc(-c2cc(F)cc(N3CCn4c(cc5c4CC(C)(C)C5)C3=O)c2CO)cc(Nc2ccc(C3CCN(C4COC4)CC3)cc2)c1=O. The molecule has 0 radical (unpaired) electrons. The van der Waals surface area contributed by atoms with Gasteiger partial charge in [0.2, 0.25) is 0 Å². The van der Waals surface area contributed by atoms with Crippen molar-refractivity contribution < 1.29 is 19.0 Å². The summed E-state index contributed by atoms with van der Waals surface area (Å²) in [6.45, 7) is 8.91. The molecule has 0 atom stereocenters. The molecule has 1 amide bonds. The molecule has 10 heteroatoms. The van der Waals surface area contributed by atoms with Crippen LogP contribution in [0.1, 0.15) is 65.5 Å². The average molecular weight is 666 g/mol. The summed E-state index contributed by atoms with van der Waals surface area (Å²) in [7, 11) is 1.66. The van der Waals surface area contributed by atoms with Gasteiger partial charge in [0.15, 0.2) is 0 Å². The third-order valence-electron chi connectivity index (χ3n) is 11.1. The number of carbonyl (C=O) groups is 1. The highest BCUT2D eigenvalue weighted by molar-refractivity contribution is 6.07. The number of carbonyl (C=O) groups excluding carboxylic acids is 1. The molecule has 9 nitrogen and oxygen atoms in total. The maximum Gasteiger partial charge on any atom is 0.274 e. The summed E-state index contributed by atoms with van der Waals surface area (Å²) < 4.78 is 24.4. The molecule has 2 aromatic carbocycles. The Hall–Kier alpha value is -4.25. The van der Waals surface area contributed by atoms with E-state index in [4.69, 9.17) is 4.74 Å². The van der Waals surface area contributed by atoms with Gasteiger partial charge in [-0.1, -0.05) is 26.0 Å². The third kappa shape index (κ3) is 5.79. The number of piperidine rings is 1. The molecule has 0 spiro atoms. The van der Waals surface area contributed by atoms with Crippen LogP contribution in [0.15, 0.2) is 59.5 Å². The highest BCUT2D eigenvalue weighted by atomic mass is 19.1. The number of nitrogens with zero attached hydrogens (tertiary/aromatic N) is 4. The van der Waals surface area contributed by atoms with Gasteiger partial charge in [-0.15, -0.1) is 0 Å². The lowest BCUT2D eigenvalue weighted by Gasteiger charge is -2.41. The van der Waals surface area contributed by atoms with Gasteiger partial charge in [-0.25, -0.2) is 4.39 Å². The van der Waals surface area contributed by atoms with Crippen molar-refractivity contribution in [1.29, 1.82) is 0 Å². The van der Waals surface area contributed by atoms with Crippen molar-refractivity contribution >= 4 is 23.0 Å². The number of anilines is 3. The number of hydrogen-bond donors (Lipinski definition) is 2. The average Bonchev–Trinajstić information content (AvgIpc) is 3.55. The Balaban J connectivity index is 1.05. The number of aromatic nitrogens is 2. The van der Waals surface area contributed by atoms with Crippen LogP contribution in [0.25, 0.3) is 11.1 Å². The van der Waals surface area contributed by atoms with E-state index in [1.165, 1.54) is 33.5 Å². The van der Waals surface area contributed by atoms with Crippen LogP contribution in [-0.4, -0.2) is 63.9 Å². The highest BCUT2D eigenvalue weighted by Gasteiger charge is 2.37. The molecule has 2 fully saturated rings. The molecular formula is C39H44FN5O4. The summed E-state index contributed by atoms with van der Waals surface area (Å²) in [4.78, 5) is 31.3. The zero-order chi connectivity index (χ0) is 34.0. The second kappa shape index (κ2) is 12.3. The first-order chi connectivity index (χ1) is 23.6. The van der Waals surface area contributed by atoms with E-state index in [9.17, 15) is 14.7 Å². The molecule has 3 aliphatic heterocycles. The first-order valence-corrected chi connectivity index (χ1v) is 17.4. The fourth-order valence-corrected chi connectivity index (χ4v) is 8.40. The number of rotatable bonds is 7. The zero-order valence-corrected chi connectivity index (χ0v) is 28.5. The first kappa shape index (κ1) is 32.0. The van der Waals surface area contributed by atoms with Crippen LogP contribution in [0.4, 0.5) is 21.5 Å². The third-order valence-corrected chi connectivity index (χ3v) is 11.1. The van der Waals surface area contributed by atoms with E-state index in [1.807, 2.05) is 18.2 Å². The Morgan fingerprint density at radius 2 is 1.73 bits per heavy atom. The summed E-state index contributed by atoms with van der Waals surface area (Å²) in [6.07, 6.45) is 5.72. The quantitative estimate of drug-likeness (QED) is 0.268. The lowest BCUT2D eigenvalue weighted by Crippen LogP contribution is -2.51. The summed E-state index contributed by atoms with van der Waals surface area (Å²) in [5, 5.41) is 14.0. The largest absolute Gasteiger partial charge is 0.392 e. The van der Waals surface area contributed by atoms with Gasteiger partial charge in [0, 0.05) is 48.8 Å². The monoisotopic (exact) mass is 665 g/mol. The van der Waals surface area contributed by atoms with E-state index in [1.54, 1.807) is 24.2 Å². The number of halogens is 1. The van der Waals surface area contributed by atoms with E-state index in [-0.39, 0.29) is 16.9 Å². The molecule has 4 aromatic rings. The van der Waals surface area contributed by atoms with Crippen molar-refractivity contribution in [2.75, 3.05) is 43.1 Å². The molecule has 2 aromatic heterocycles. The van der Waals surface area contributed by atoms with Crippen molar-refractivity contribution in [3.63, 3.8) is 0 Å². The molecule has 2 saturated heterocycles. The van der Waals surface area contributed by atoms with Gasteiger partial charge < -0.3 is 29.2 Å². The Labute approximate surface area is 285 Å². The van der Waals surface area contributed by atoms with Gasteiger partial charge >= 0.3 is 0 Å². The van der Waals surface area contributed by atoms with Gasteiger partial charge in [0.1, 0.15) is 17.2 Å². The van der Waals surface area contributed by atoms with E-state index < -0.39 is 12.4 Å². The highest BCUT2D eigenvalue weighted by Crippen LogP contribution is 2.41. The smallest absolute Gasteiger partial charge is 0.274 e. The Kier molecular flexibility index (Phi) is 8.00. The zero-order valence-electron chi connectivity index (χ0n) is 28.5. The minimum atomic E-state index is -0.522. The molecule has 0 unspecified atom stereocenters. The lowest BCUT2D eigenvalue weighted by atomic mass is 9.88. The van der Waals surface area contributed by atoms with Gasteiger partial charge in [-0.2, -0.15) is 0 Å². The number of pyridine rings is 1. The van der Waals surface area contributed by atoms with Crippen molar-refractivity contribution in [3.05, 3.63) is 99.0 Å². The fourth-order valence-electron chi connectivity index (χ4n) is 8.40. The van der Waals surface area contributed by atoms with Crippen molar-refractivity contribution in [2.24, 2.45) is 12.5 Å². The number of benzene rings is 2. The number of nitrogens with one attached hydrogen (secondary N) is 1. The predicted molar refractivity (Wildman–Crippen MR) is 188 cm³/mol. The molecule has 49 heavy (non-hydrogen) atoms. The van der Waals surface area contributed by atoms with Gasteiger partial charge in [-0.3, -0.25) is 14.5 Å². The molecule has 0 saturated carbocycles. The van der Waals surface area contributed by atoms with Crippen molar-refractivity contribution in [3.8, 4) is 11.1 Å². The minimum absolute atomic E-state index is 0.171.